The lowest BCUT2D eigenvalue weighted by molar-refractivity contribution is -0.111. The number of carbonyl (C=O) groups excluding carboxylic acids is 1. The Morgan fingerprint density at radius 3 is 2.71 bits per heavy atom. The molecule has 4 rings (SSSR count). The SMILES string of the molecule is Cc1c(NC(=O)/C=C/c2ccc(Cl)cc2)cccc1-c1nc2ncccc2o1. The molecule has 0 spiro atoms. The monoisotopic (exact) mass is 389 g/mol. The van der Waals surface area contributed by atoms with Gasteiger partial charge in [0.15, 0.2) is 11.2 Å². The Balaban J connectivity index is 1.56. The topological polar surface area (TPSA) is 68.0 Å². The minimum absolute atomic E-state index is 0.227. The van der Waals surface area contributed by atoms with E-state index in [2.05, 4.69) is 15.3 Å². The number of benzene rings is 2. The van der Waals surface area contributed by atoms with Gasteiger partial charge >= 0.3 is 0 Å². The van der Waals surface area contributed by atoms with Crippen LogP contribution in [0, 0.1) is 6.92 Å². The van der Waals surface area contributed by atoms with Crippen LogP contribution in [0.25, 0.3) is 28.8 Å². The van der Waals surface area contributed by atoms with Crippen LogP contribution in [-0.4, -0.2) is 15.9 Å². The van der Waals surface area contributed by atoms with Gasteiger partial charge in [-0.25, -0.2) is 4.98 Å². The zero-order valence-corrected chi connectivity index (χ0v) is 15.8. The molecule has 1 N–H and O–H groups in total. The molecule has 0 fully saturated rings. The number of amides is 1. The predicted octanol–water partition coefficient (Wildman–Crippen LogP) is 5.50. The number of anilines is 1. The summed E-state index contributed by atoms with van der Waals surface area (Å²) in [5.41, 5.74) is 4.43. The zero-order chi connectivity index (χ0) is 19.5. The first kappa shape index (κ1) is 17.9. The Hall–Kier alpha value is -3.44. The van der Waals surface area contributed by atoms with E-state index in [9.17, 15) is 4.79 Å². The second-order valence-corrected chi connectivity index (χ2v) is 6.63. The van der Waals surface area contributed by atoms with Crippen molar-refractivity contribution in [2.75, 3.05) is 5.32 Å². The van der Waals surface area contributed by atoms with Gasteiger partial charge in [0.05, 0.1) is 0 Å². The van der Waals surface area contributed by atoms with E-state index in [0.29, 0.717) is 27.8 Å². The minimum atomic E-state index is -0.227. The third-order valence-corrected chi connectivity index (χ3v) is 4.54. The molecule has 1 amide bonds. The van der Waals surface area contributed by atoms with Crippen molar-refractivity contribution < 1.29 is 9.21 Å². The Kier molecular flexibility index (Phi) is 4.91. The highest BCUT2D eigenvalue weighted by Crippen LogP contribution is 2.30. The summed E-state index contributed by atoms with van der Waals surface area (Å²) in [6, 6.07) is 16.5. The van der Waals surface area contributed by atoms with E-state index in [1.807, 2.05) is 43.3 Å². The van der Waals surface area contributed by atoms with Gasteiger partial charge in [0.1, 0.15) is 0 Å². The zero-order valence-electron chi connectivity index (χ0n) is 15.0. The molecule has 28 heavy (non-hydrogen) atoms. The maximum Gasteiger partial charge on any atom is 0.248 e. The number of nitrogens with zero attached hydrogens (tertiary/aromatic N) is 2. The van der Waals surface area contributed by atoms with E-state index in [4.69, 9.17) is 16.0 Å². The fourth-order valence-corrected chi connectivity index (χ4v) is 2.93. The Bertz CT molecular complexity index is 1150. The van der Waals surface area contributed by atoms with Gasteiger partial charge in [-0.2, -0.15) is 4.98 Å². The predicted molar refractivity (Wildman–Crippen MR) is 111 cm³/mol. The van der Waals surface area contributed by atoms with Gasteiger partial charge in [0.25, 0.3) is 0 Å². The molecule has 5 nitrogen and oxygen atoms in total. The van der Waals surface area contributed by atoms with Gasteiger partial charge in [-0.05, 0) is 60.5 Å². The van der Waals surface area contributed by atoms with Crippen molar-refractivity contribution in [3.63, 3.8) is 0 Å². The first-order valence-electron chi connectivity index (χ1n) is 8.66. The molecule has 2 heterocycles. The van der Waals surface area contributed by atoms with Crippen LogP contribution < -0.4 is 5.32 Å². The summed E-state index contributed by atoms with van der Waals surface area (Å²) in [5.74, 6) is 0.244. The van der Waals surface area contributed by atoms with E-state index in [-0.39, 0.29) is 5.91 Å². The lowest BCUT2D eigenvalue weighted by atomic mass is 10.1. The first-order chi connectivity index (χ1) is 13.6. The van der Waals surface area contributed by atoms with E-state index in [1.165, 1.54) is 6.08 Å². The number of aromatic nitrogens is 2. The quantitative estimate of drug-likeness (QED) is 0.468. The van der Waals surface area contributed by atoms with Crippen LogP contribution in [0.3, 0.4) is 0 Å². The third-order valence-electron chi connectivity index (χ3n) is 4.28. The normalized spacial score (nSPS) is 11.2. The number of nitrogens with one attached hydrogen (secondary N) is 1. The molecule has 0 saturated carbocycles. The molecule has 2 aromatic carbocycles. The molecule has 0 aliphatic heterocycles. The standard InChI is InChI=1S/C22H16ClN3O2/c1-14-17(22-26-21-19(28-22)6-3-13-24-21)4-2-5-18(14)25-20(27)12-9-15-7-10-16(23)11-8-15/h2-13H,1H3,(H,25,27)/b12-9+. The summed E-state index contributed by atoms with van der Waals surface area (Å²) in [6.45, 7) is 1.91. The number of carbonyl (C=O) groups is 1. The van der Waals surface area contributed by atoms with Crippen LogP contribution >= 0.6 is 11.6 Å². The molecular formula is C22H16ClN3O2. The summed E-state index contributed by atoms with van der Waals surface area (Å²) in [5, 5.41) is 3.55. The highest BCUT2D eigenvalue weighted by Gasteiger charge is 2.13. The number of hydrogen-bond acceptors (Lipinski definition) is 4. The molecule has 0 aliphatic carbocycles. The fourth-order valence-electron chi connectivity index (χ4n) is 2.81. The number of pyridine rings is 1. The molecular weight excluding hydrogens is 374 g/mol. The molecule has 0 saturated heterocycles. The van der Waals surface area contributed by atoms with Crippen LogP contribution in [0.2, 0.25) is 5.02 Å². The first-order valence-corrected chi connectivity index (χ1v) is 9.04. The van der Waals surface area contributed by atoms with Crippen LogP contribution in [0.5, 0.6) is 0 Å². The molecule has 0 radical (unpaired) electrons. The van der Waals surface area contributed by atoms with Crippen molar-refractivity contribution >= 4 is 40.5 Å². The fraction of sp³-hybridized carbons (Fsp3) is 0.0455. The van der Waals surface area contributed by atoms with Gasteiger partial charge in [-0.15, -0.1) is 0 Å². The van der Waals surface area contributed by atoms with Crippen molar-refractivity contribution in [1.29, 1.82) is 0 Å². The molecule has 4 aromatic rings. The van der Waals surface area contributed by atoms with Gasteiger partial charge in [-0.1, -0.05) is 29.8 Å². The average Bonchev–Trinajstić information content (AvgIpc) is 3.13. The summed E-state index contributed by atoms with van der Waals surface area (Å²) in [4.78, 5) is 20.9. The van der Waals surface area contributed by atoms with Gasteiger partial charge in [0, 0.05) is 28.5 Å². The van der Waals surface area contributed by atoms with Gasteiger partial charge < -0.3 is 9.73 Å². The molecule has 2 aromatic heterocycles. The highest BCUT2D eigenvalue weighted by atomic mass is 35.5. The van der Waals surface area contributed by atoms with Crippen LogP contribution in [-0.2, 0) is 4.79 Å². The Labute approximate surface area is 166 Å². The lowest BCUT2D eigenvalue weighted by Gasteiger charge is -2.09. The number of oxazole rings is 1. The largest absolute Gasteiger partial charge is 0.434 e. The van der Waals surface area contributed by atoms with Crippen LogP contribution in [0.4, 0.5) is 5.69 Å². The van der Waals surface area contributed by atoms with Crippen molar-refractivity contribution in [2.45, 2.75) is 6.92 Å². The number of hydrogen-bond donors (Lipinski definition) is 1. The smallest absolute Gasteiger partial charge is 0.248 e. The van der Waals surface area contributed by atoms with Crippen LogP contribution in [0.1, 0.15) is 11.1 Å². The van der Waals surface area contributed by atoms with Gasteiger partial charge in [0.2, 0.25) is 11.8 Å². The Morgan fingerprint density at radius 2 is 1.93 bits per heavy atom. The summed E-state index contributed by atoms with van der Waals surface area (Å²) in [7, 11) is 0. The maximum absolute atomic E-state index is 12.3. The maximum atomic E-state index is 12.3. The van der Waals surface area contributed by atoms with E-state index >= 15 is 0 Å². The second kappa shape index (κ2) is 7.66. The van der Waals surface area contributed by atoms with E-state index < -0.39 is 0 Å². The molecule has 138 valence electrons. The van der Waals surface area contributed by atoms with E-state index in [0.717, 1.165) is 16.7 Å². The lowest BCUT2D eigenvalue weighted by Crippen LogP contribution is -2.09. The third kappa shape index (κ3) is 3.80. The summed E-state index contributed by atoms with van der Waals surface area (Å²) in [6.07, 6.45) is 4.89. The summed E-state index contributed by atoms with van der Waals surface area (Å²) >= 11 is 5.87. The van der Waals surface area contributed by atoms with Crippen molar-refractivity contribution in [2.24, 2.45) is 0 Å². The van der Waals surface area contributed by atoms with Crippen molar-refractivity contribution in [3.05, 3.63) is 83.0 Å². The number of fused-ring (bicyclic) bond motifs is 1. The molecule has 0 atom stereocenters. The molecule has 0 bridgehead atoms. The highest BCUT2D eigenvalue weighted by molar-refractivity contribution is 6.30. The van der Waals surface area contributed by atoms with Crippen molar-refractivity contribution in [1.82, 2.24) is 9.97 Å². The van der Waals surface area contributed by atoms with Gasteiger partial charge in [-0.3, -0.25) is 4.79 Å². The molecule has 0 unspecified atom stereocenters. The van der Waals surface area contributed by atoms with Crippen LogP contribution in [0.15, 0.2) is 71.3 Å². The van der Waals surface area contributed by atoms with Crippen molar-refractivity contribution in [3.8, 4) is 11.5 Å². The average molecular weight is 390 g/mol. The Morgan fingerprint density at radius 1 is 1.11 bits per heavy atom. The molecule has 6 heteroatoms. The number of halogens is 1. The number of rotatable bonds is 4. The molecule has 0 aliphatic rings. The second-order valence-electron chi connectivity index (χ2n) is 6.20. The minimum Gasteiger partial charge on any atom is -0.434 e. The van der Waals surface area contributed by atoms with E-state index in [1.54, 1.807) is 30.5 Å². The summed E-state index contributed by atoms with van der Waals surface area (Å²) < 4.78 is 5.80.